The van der Waals surface area contributed by atoms with Gasteiger partial charge in [-0.15, -0.1) is 0 Å². The lowest BCUT2D eigenvalue weighted by Crippen LogP contribution is -2.36. The summed E-state index contributed by atoms with van der Waals surface area (Å²) in [4.78, 5) is 11.6. The molecule has 5 rings (SSSR count). The Hall–Kier alpha value is -3.57. The van der Waals surface area contributed by atoms with Crippen LogP contribution < -0.4 is 10.0 Å². The summed E-state index contributed by atoms with van der Waals surface area (Å²) >= 11 is 0. The molecule has 1 aliphatic carbocycles. The Kier molecular flexibility index (Phi) is 8.04. The van der Waals surface area contributed by atoms with Crippen molar-refractivity contribution in [3.05, 3.63) is 71.9 Å². The molecule has 0 spiro atoms. The number of nitrogens with zero attached hydrogens (tertiary/aromatic N) is 4. The molecule has 0 bridgehead atoms. The van der Waals surface area contributed by atoms with Gasteiger partial charge in [0.05, 0.1) is 17.1 Å². The molecule has 0 atom stereocenters. The van der Waals surface area contributed by atoms with Crippen LogP contribution in [0.25, 0.3) is 22.3 Å². The van der Waals surface area contributed by atoms with Gasteiger partial charge in [0.25, 0.3) is 0 Å². The first-order chi connectivity index (χ1) is 19.1. The van der Waals surface area contributed by atoms with Crippen LogP contribution in [-0.2, 0) is 22.3 Å². The highest BCUT2D eigenvalue weighted by Gasteiger charge is 2.23. The molecular weight excluding hydrogens is 534 g/mol. The summed E-state index contributed by atoms with van der Waals surface area (Å²) in [6.07, 6.45) is 6.15. The second-order valence-corrected chi connectivity index (χ2v) is 12.3. The molecule has 40 heavy (non-hydrogen) atoms. The molecule has 8 nitrogen and oxygen atoms in total. The fourth-order valence-corrected chi connectivity index (χ4v) is 6.55. The van der Waals surface area contributed by atoms with Gasteiger partial charge in [-0.2, -0.15) is 4.98 Å². The van der Waals surface area contributed by atoms with Crippen LogP contribution in [0.5, 0.6) is 0 Å². The van der Waals surface area contributed by atoms with Crippen molar-refractivity contribution in [2.75, 3.05) is 24.1 Å². The van der Waals surface area contributed by atoms with Crippen LogP contribution in [0.15, 0.2) is 54.7 Å². The van der Waals surface area contributed by atoms with Crippen molar-refractivity contribution in [1.82, 2.24) is 19.4 Å². The summed E-state index contributed by atoms with van der Waals surface area (Å²) < 4.78 is 57.8. The zero-order valence-electron chi connectivity index (χ0n) is 22.9. The third kappa shape index (κ3) is 6.26. The first-order valence-corrected chi connectivity index (χ1v) is 15.1. The second kappa shape index (κ2) is 11.5. The number of rotatable bonds is 9. The van der Waals surface area contributed by atoms with Crippen molar-refractivity contribution in [2.45, 2.75) is 57.0 Å². The number of aryl methyl sites for hydroxylation is 1. The molecule has 1 saturated carbocycles. The fourth-order valence-electron chi connectivity index (χ4n) is 5.35. The predicted molar refractivity (Wildman–Crippen MR) is 155 cm³/mol. The Morgan fingerprint density at radius 3 is 2.42 bits per heavy atom. The summed E-state index contributed by atoms with van der Waals surface area (Å²) in [5.41, 5.74) is 2.39. The predicted octanol–water partition coefficient (Wildman–Crippen LogP) is 5.62. The van der Waals surface area contributed by atoms with Crippen molar-refractivity contribution >= 4 is 32.7 Å². The quantitative estimate of drug-likeness (QED) is 0.272. The molecule has 0 saturated heterocycles. The number of nitrogens with one attached hydrogen (secondary N) is 2. The minimum atomic E-state index is -3.94. The van der Waals surface area contributed by atoms with Gasteiger partial charge in [-0.3, -0.25) is 4.72 Å². The molecule has 0 radical (unpaired) electrons. The van der Waals surface area contributed by atoms with Crippen LogP contribution in [0.4, 0.5) is 20.4 Å². The van der Waals surface area contributed by atoms with Crippen molar-refractivity contribution in [2.24, 2.45) is 0 Å². The Morgan fingerprint density at radius 1 is 1.02 bits per heavy atom. The van der Waals surface area contributed by atoms with Crippen molar-refractivity contribution in [3.8, 4) is 11.3 Å². The van der Waals surface area contributed by atoms with Crippen LogP contribution in [0.3, 0.4) is 0 Å². The van der Waals surface area contributed by atoms with Gasteiger partial charge in [0.2, 0.25) is 16.0 Å². The summed E-state index contributed by atoms with van der Waals surface area (Å²) in [5, 5.41) is 4.33. The van der Waals surface area contributed by atoms with Crippen molar-refractivity contribution in [1.29, 1.82) is 0 Å². The monoisotopic (exact) mass is 568 g/mol. The minimum absolute atomic E-state index is 0.158. The van der Waals surface area contributed by atoms with E-state index >= 15 is 0 Å². The van der Waals surface area contributed by atoms with Crippen LogP contribution in [0.1, 0.15) is 38.2 Å². The normalized spacial score (nSPS) is 17.9. The smallest absolute Gasteiger partial charge is 0.237 e. The van der Waals surface area contributed by atoms with Crippen molar-refractivity contribution in [3.63, 3.8) is 0 Å². The van der Waals surface area contributed by atoms with E-state index in [1.54, 1.807) is 12.3 Å². The number of aromatic nitrogens is 3. The molecule has 0 aliphatic heterocycles. The maximum atomic E-state index is 14.7. The number of fused-ring (bicyclic) bond motifs is 1. The van der Waals surface area contributed by atoms with Crippen LogP contribution in [0.2, 0.25) is 0 Å². The number of sulfonamides is 1. The average molecular weight is 569 g/mol. The lowest BCUT2D eigenvalue weighted by molar-refractivity contribution is 0.221. The van der Waals surface area contributed by atoms with E-state index in [4.69, 9.17) is 4.98 Å². The Morgan fingerprint density at radius 2 is 1.75 bits per heavy atom. The average Bonchev–Trinajstić information content (AvgIpc) is 3.29. The van der Waals surface area contributed by atoms with E-state index in [9.17, 15) is 17.2 Å². The largest absolute Gasteiger partial charge is 0.351 e. The van der Waals surface area contributed by atoms with Crippen molar-refractivity contribution < 1.29 is 17.2 Å². The second-order valence-electron chi connectivity index (χ2n) is 10.5. The number of benzene rings is 2. The van der Waals surface area contributed by atoms with Gasteiger partial charge < -0.3 is 14.8 Å². The van der Waals surface area contributed by atoms with Crippen LogP contribution in [0, 0.1) is 11.6 Å². The zero-order valence-corrected chi connectivity index (χ0v) is 23.7. The lowest BCUT2D eigenvalue weighted by atomic mass is 9.91. The first kappa shape index (κ1) is 28.0. The molecule has 1 aliphatic rings. The molecule has 2 aromatic heterocycles. The van der Waals surface area contributed by atoms with Gasteiger partial charge in [-0.05, 0) is 88.7 Å². The zero-order chi connectivity index (χ0) is 28.4. The molecule has 2 aromatic carbocycles. The van der Waals surface area contributed by atoms with E-state index in [2.05, 4.69) is 34.0 Å². The van der Waals surface area contributed by atoms with E-state index in [0.717, 1.165) is 42.4 Å². The Balaban J connectivity index is 1.38. The maximum Gasteiger partial charge on any atom is 0.237 e. The molecule has 212 valence electrons. The number of hydrogen-bond donors (Lipinski definition) is 2. The molecule has 1 fully saturated rings. The SMILES string of the molecule is CCn1c(-c2ccc(F)c(NS(=O)(=O)Cc3ccc(F)cc3)c2)cc2cnc(NC3CCC(N(C)C)CC3)nc21. The van der Waals surface area contributed by atoms with Gasteiger partial charge in [-0.1, -0.05) is 12.1 Å². The molecule has 0 unspecified atom stereocenters. The molecule has 2 heterocycles. The van der Waals surface area contributed by atoms with E-state index in [0.29, 0.717) is 35.7 Å². The highest BCUT2D eigenvalue weighted by molar-refractivity contribution is 7.91. The summed E-state index contributed by atoms with van der Waals surface area (Å²) in [7, 11) is 0.305. The molecule has 4 aromatic rings. The summed E-state index contributed by atoms with van der Waals surface area (Å²) in [6.45, 7) is 2.60. The molecule has 11 heteroatoms. The third-order valence-corrected chi connectivity index (χ3v) is 8.75. The molecule has 2 N–H and O–H groups in total. The number of halogens is 2. The first-order valence-electron chi connectivity index (χ1n) is 13.5. The van der Waals surface area contributed by atoms with E-state index in [-0.39, 0.29) is 5.69 Å². The number of hydrogen-bond acceptors (Lipinski definition) is 6. The molecular formula is C29H34F2N6O2S. The van der Waals surface area contributed by atoms with E-state index in [1.807, 2.05) is 17.6 Å². The van der Waals surface area contributed by atoms with Gasteiger partial charge in [0.1, 0.15) is 17.3 Å². The minimum Gasteiger partial charge on any atom is -0.351 e. The molecule has 0 amide bonds. The fraction of sp³-hybridized carbons (Fsp3) is 0.379. The summed E-state index contributed by atoms with van der Waals surface area (Å²) in [6, 6.07) is 12.3. The highest BCUT2D eigenvalue weighted by atomic mass is 32.2. The Labute approximate surface area is 233 Å². The third-order valence-electron chi connectivity index (χ3n) is 7.51. The topological polar surface area (TPSA) is 92.1 Å². The standard InChI is InChI=1S/C29H34F2N6O2S/c1-4-37-27(16-21-17-32-29(34-28(21)37)33-23-10-12-24(13-11-23)36(2)3)20-7-14-25(31)26(15-20)35-40(38,39)18-19-5-8-22(30)9-6-19/h5-9,14-17,23-24,35H,4,10-13,18H2,1-3H3,(H,32,33,34). The van der Waals surface area contributed by atoms with E-state index < -0.39 is 27.4 Å². The highest BCUT2D eigenvalue weighted by Crippen LogP contribution is 2.31. The Bertz CT molecular complexity index is 1600. The van der Waals surface area contributed by atoms with Gasteiger partial charge in [0.15, 0.2) is 0 Å². The maximum absolute atomic E-state index is 14.7. The van der Waals surface area contributed by atoms with Gasteiger partial charge in [-0.25, -0.2) is 22.2 Å². The summed E-state index contributed by atoms with van der Waals surface area (Å²) in [5.74, 6) is -0.984. The van der Waals surface area contributed by atoms with Crippen LogP contribution in [-0.4, -0.2) is 54.0 Å². The van der Waals surface area contributed by atoms with Gasteiger partial charge >= 0.3 is 0 Å². The van der Waals surface area contributed by atoms with Gasteiger partial charge in [0, 0.05) is 35.8 Å². The lowest BCUT2D eigenvalue weighted by Gasteiger charge is -2.32. The van der Waals surface area contributed by atoms with E-state index in [1.165, 1.54) is 36.4 Å². The van der Waals surface area contributed by atoms with Crippen LogP contribution >= 0.6 is 0 Å². The number of anilines is 2.